The third kappa shape index (κ3) is 2.45. The third-order valence-electron chi connectivity index (χ3n) is 1.59. The molecule has 0 bridgehead atoms. The van der Waals surface area contributed by atoms with E-state index in [2.05, 4.69) is 5.32 Å². The molecular formula is C7H15NO2. The Morgan fingerprint density at radius 3 is 2.20 bits per heavy atom. The lowest BCUT2D eigenvalue weighted by Crippen LogP contribution is -2.42. The van der Waals surface area contributed by atoms with Crippen LogP contribution in [0.1, 0.15) is 13.8 Å². The molecule has 0 aliphatic carbocycles. The molecule has 10 heavy (non-hydrogen) atoms. The van der Waals surface area contributed by atoms with Crippen LogP contribution in [0.3, 0.4) is 0 Å². The highest BCUT2D eigenvalue weighted by Crippen LogP contribution is 1.97. The molecule has 0 unspecified atom stereocenters. The summed E-state index contributed by atoms with van der Waals surface area (Å²) >= 11 is 0. The van der Waals surface area contributed by atoms with Crippen LogP contribution in [0.4, 0.5) is 0 Å². The van der Waals surface area contributed by atoms with Crippen LogP contribution in [-0.4, -0.2) is 32.1 Å². The summed E-state index contributed by atoms with van der Waals surface area (Å²) in [5.74, 6) is 0.108. The van der Waals surface area contributed by atoms with Gasteiger partial charge in [-0.05, 0) is 20.9 Å². The van der Waals surface area contributed by atoms with E-state index in [-0.39, 0.29) is 17.9 Å². The monoisotopic (exact) mass is 145 g/mol. The zero-order chi connectivity index (χ0) is 8.15. The summed E-state index contributed by atoms with van der Waals surface area (Å²) in [7, 11) is 3.35. The van der Waals surface area contributed by atoms with Gasteiger partial charge in [-0.3, -0.25) is 4.79 Å². The van der Waals surface area contributed by atoms with Crippen molar-refractivity contribution in [2.75, 3.05) is 14.2 Å². The number of Topliss-reactive ketones (excluding diaryl/α,β-unsaturated/α-hetero) is 1. The summed E-state index contributed by atoms with van der Waals surface area (Å²) in [5, 5.41) is 2.88. The fourth-order valence-electron chi connectivity index (χ4n) is 0.905. The summed E-state index contributed by atoms with van der Waals surface area (Å²) < 4.78 is 4.98. The molecule has 0 fully saturated rings. The van der Waals surface area contributed by atoms with Crippen LogP contribution < -0.4 is 5.32 Å². The van der Waals surface area contributed by atoms with Crippen molar-refractivity contribution in [2.24, 2.45) is 0 Å². The fourth-order valence-corrected chi connectivity index (χ4v) is 0.905. The number of hydrogen-bond acceptors (Lipinski definition) is 3. The van der Waals surface area contributed by atoms with Crippen molar-refractivity contribution in [1.82, 2.24) is 5.32 Å². The Bertz CT molecular complexity index is 114. The van der Waals surface area contributed by atoms with Crippen molar-refractivity contribution in [3.63, 3.8) is 0 Å². The number of methoxy groups -OCH3 is 1. The van der Waals surface area contributed by atoms with Crippen LogP contribution in [0, 0.1) is 0 Å². The van der Waals surface area contributed by atoms with E-state index in [1.165, 1.54) is 0 Å². The minimum Gasteiger partial charge on any atom is -0.380 e. The van der Waals surface area contributed by atoms with E-state index in [4.69, 9.17) is 4.74 Å². The largest absolute Gasteiger partial charge is 0.380 e. The molecule has 2 atom stereocenters. The Morgan fingerprint density at radius 2 is 2.10 bits per heavy atom. The molecule has 0 aliphatic heterocycles. The summed E-state index contributed by atoms with van der Waals surface area (Å²) in [6.45, 7) is 3.42. The second-order valence-electron chi connectivity index (χ2n) is 2.32. The lowest BCUT2D eigenvalue weighted by Gasteiger charge is -2.18. The van der Waals surface area contributed by atoms with Crippen LogP contribution >= 0.6 is 0 Å². The van der Waals surface area contributed by atoms with Gasteiger partial charge in [0.05, 0.1) is 12.1 Å². The van der Waals surface area contributed by atoms with Crippen LogP contribution in [0.25, 0.3) is 0 Å². The molecule has 0 saturated carbocycles. The fraction of sp³-hybridized carbons (Fsp3) is 0.857. The number of likely N-dealkylation sites (N-methyl/N-ethyl adjacent to an activating group) is 1. The molecule has 0 aromatic heterocycles. The average molecular weight is 145 g/mol. The zero-order valence-corrected chi connectivity index (χ0v) is 6.97. The van der Waals surface area contributed by atoms with E-state index >= 15 is 0 Å². The topological polar surface area (TPSA) is 38.3 Å². The Balaban J connectivity index is 3.92. The van der Waals surface area contributed by atoms with Gasteiger partial charge in [0.2, 0.25) is 0 Å². The molecular weight excluding hydrogens is 130 g/mol. The second-order valence-corrected chi connectivity index (χ2v) is 2.32. The van der Waals surface area contributed by atoms with E-state index in [1.54, 1.807) is 21.1 Å². The van der Waals surface area contributed by atoms with Crippen molar-refractivity contribution in [3.05, 3.63) is 0 Å². The Labute approximate surface area is 61.8 Å². The first-order chi connectivity index (χ1) is 4.63. The van der Waals surface area contributed by atoms with Gasteiger partial charge in [0.1, 0.15) is 5.78 Å². The first-order valence-corrected chi connectivity index (χ1v) is 3.34. The molecule has 0 aromatic carbocycles. The van der Waals surface area contributed by atoms with E-state index in [9.17, 15) is 4.79 Å². The van der Waals surface area contributed by atoms with E-state index in [0.29, 0.717) is 0 Å². The van der Waals surface area contributed by atoms with Gasteiger partial charge in [0.15, 0.2) is 0 Å². The quantitative estimate of drug-likeness (QED) is 0.614. The number of ether oxygens (including phenoxy) is 1. The number of carbonyl (C=O) groups excluding carboxylic acids is 1. The zero-order valence-electron chi connectivity index (χ0n) is 6.97. The van der Waals surface area contributed by atoms with Gasteiger partial charge in [-0.25, -0.2) is 0 Å². The molecule has 0 rings (SSSR count). The highest BCUT2D eigenvalue weighted by atomic mass is 16.5. The number of nitrogens with one attached hydrogen (secondary N) is 1. The van der Waals surface area contributed by atoms with Gasteiger partial charge in [0, 0.05) is 7.11 Å². The number of rotatable bonds is 4. The maximum Gasteiger partial charge on any atom is 0.149 e. The average Bonchev–Trinajstić information content (AvgIpc) is 1.88. The minimum atomic E-state index is -0.176. The smallest absolute Gasteiger partial charge is 0.149 e. The number of ketones is 1. The van der Waals surface area contributed by atoms with Gasteiger partial charge >= 0.3 is 0 Å². The Hall–Kier alpha value is -0.410. The predicted octanol–water partition coefficient (Wildman–Crippen LogP) is 0.198. The van der Waals surface area contributed by atoms with Gasteiger partial charge in [-0.1, -0.05) is 0 Å². The molecule has 60 valence electrons. The van der Waals surface area contributed by atoms with E-state index in [0.717, 1.165) is 0 Å². The van der Waals surface area contributed by atoms with Gasteiger partial charge < -0.3 is 10.1 Å². The molecule has 0 radical (unpaired) electrons. The summed E-state index contributed by atoms with van der Waals surface area (Å²) in [6, 6.07) is -0.176. The predicted molar refractivity (Wildman–Crippen MR) is 40.0 cm³/mol. The molecule has 0 aliphatic rings. The normalized spacial score (nSPS) is 16.4. The number of hydrogen-bond donors (Lipinski definition) is 1. The molecule has 0 amide bonds. The molecule has 1 N–H and O–H groups in total. The van der Waals surface area contributed by atoms with Gasteiger partial charge in [-0.2, -0.15) is 0 Å². The molecule has 0 aromatic rings. The van der Waals surface area contributed by atoms with Crippen LogP contribution in [-0.2, 0) is 9.53 Å². The molecule has 0 spiro atoms. The third-order valence-corrected chi connectivity index (χ3v) is 1.59. The van der Waals surface area contributed by atoms with Crippen LogP contribution in [0.5, 0.6) is 0 Å². The standard InChI is InChI=1S/C7H15NO2/c1-5(9)7(8-3)6(2)10-4/h6-8H,1-4H3/t6-,7-/m1/s1. The number of carbonyl (C=O) groups is 1. The SMILES string of the molecule is CN[C@H](C(C)=O)[C@@H](C)OC. The second kappa shape index (κ2) is 4.41. The first kappa shape index (κ1) is 9.59. The maximum atomic E-state index is 10.8. The van der Waals surface area contributed by atoms with Crippen molar-refractivity contribution in [1.29, 1.82) is 0 Å². The highest BCUT2D eigenvalue weighted by Gasteiger charge is 2.18. The van der Waals surface area contributed by atoms with E-state index in [1.807, 2.05) is 6.92 Å². The lowest BCUT2D eigenvalue weighted by atomic mass is 10.1. The van der Waals surface area contributed by atoms with Crippen molar-refractivity contribution in [2.45, 2.75) is 26.0 Å². The van der Waals surface area contributed by atoms with Crippen molar-refractivity contribution < 1.29 is 9.53 Å². The van der Waals surface area contributed by atoms with Crippen molar-refractivity contribution >= 4 is 5.78 Å². The summed E-state index contributed by atoms with van der Waals surface area (Å²) in [5.41, 5.74) is 0. The van der Waals surface area contributed by atoms with Gasteiger partial charge in [0.25, 0.3) is 0 Å². The Kier molecular flexibility index (Phi) is 4.23. The molecule has 3 heteroatoms. The van der Waals surface area contributed by atoms with Crippen LogP contribution in [0.15, 0.2) is 0 Å². The Morgan fingerprint density at radius 1 is 1.60 bits per heavy atom. The van der Waals surface area contributed by atoms with E-state index < -0.39 is 0 Å². The molecule has 3 nitrogen and oxygen atoms in total. The lowest BCUT2D eigenvalue weighted by molar-refractivity contribution is -0.121. The van der Waals surface area contributed by atoms with Gasteiger partial charge in [-0.15, -0.1) is 0 Å². The summed E-state index contributed by atoms with van der Waals surface area (Å²) in [6.07, 6.45) is -0.0532. The highest BCUT2D eigenvalue weighted by molar-refractivity contribution is 5.82. The van der Waals surface area contributed by atoms with Crippen molar-refractivity contribution in [3.8, 4) is 0 Å². The van der Waals surface area contributed by atoms with Crippen LogP contribution in [0.2, 0.25) is 0 Å². The molecule has 0 heterocycles. The minimum absolute atomic E-state index is 0.0532. The maximum absolute atomic E-state index is 10.8. The summed E-state index contributed by atoms with van der Waals surface area (Å²) in [4.78, 5) is 10.8. The first-order valence-electron chi connectivity index (χ1n) is 3.34. The molecule has 0 saturated heterocycles.